The number of nitrogens with two attached hydrogens (primary N) is 2. The molecule has 2 heterocycles. The summed E-state index contributed by atoms with van der Waals surface area (Å²) >= 11 is 0. The predicted molar refractivity (Wildman–Crippen MR) is 119 cm³/mol. The summed E-state index contributed by atoms with van der Waals surface area (Å²) in [5, 5.41) is 0. The van der Waals surface area contributed by atoms with Crippen LogP contribution in [0.15, 0.2) is 60.8 Å². The average molecular weight is 413 g/mol. The Morgan fingerprint density at radius 3 is 2.32 bits per heavy atom. The standard InChI is InChI=1S/C24H23N5O2/c1-31-23-22-28-19(15-8-10-17(11-9-15)24(26)12-5-13-24)20(16-6-3-2-4-7-16)29(22)14-18(27-23)21(25)30/h2-4,6-11,14H,5,12-13,26H2,1H3,(H2,25,30). The van der Waals surface area contributed by atoms with Crippen LogP contribution in [0, 0.1) is 0 Å². The number of aromatic nitrogens is 3. The van der Waals surface area contributed by atoms with Gasteiger partial charge in [0.1, 0.15) is 5.69 Å². The van der Waals surface area contributed by atoms with Crippen molar-refractivity contribution < 1.29 is 9.53 Å². The molecular weight excluding hydrogens is 390 g/mol. The van der Waals surface area contributed by atoms with E-state index in [9.17, 15) is 4.79 Å². The van der Waals surface area contributed by atoms with Crippen molar-refractivity contribution in [2.24, 2.45) is 11.5 Å². The van der Waals surface area contributed by atoms with Crippen LogP contribution in [0.5, 0.6) is 5.88 Å². The topological polar surface area (TPSA) is 109 Å². The van der Waals surface area contributed by atoms with Crippen molar-refractivity contribution in [1.82, 2.24) is 14.4 Å². The van der Waals surface area contributed by atoms with Crippen LogP contribution in [0.4, 0.5) is 0 Å². The maximum absolute atomic E-state index is 11.9. The van der Waals surface area contributed by atoms with Gasteiger partial charge in [0, 0.05) is 22.9 Å². The van der Waals surface area contributed by atoms with E-state index in [0.29, 0.717) is 5.65 Å². The Morgan fingerprint density at radius 2 is 1.74 bits per heavy atom. The van der Waals surface area contributed by atoms with Gasteiger partial charge in [-0.15, -0.1) is 0 Å². The van der Waals surface area contributed by atoms with E-state index < -0.39 is 5.91 Å². The lowest BCUT2D eigenvalue weighted by atomic mass is 9.72. The molecule has 2 aromatic heterocycles. The van der Waals surface area contributed by atoms with Crippen molar-refractivity contribution in [3.8, 4) is 28.4 Å². The number of nitrogens with zero attached hydrogens (tertiary/aromatic N) is 3. The lowest BCUT2D eigenvalue weighted by molar-refractivity contribution is 0.0994. The first kappa shape index (κ1) is 19.3. The number of hydrogen-bond donors (Lipinski definition) is 2. The molecule has 0 spiro atoms. The molecule has 1 amide bonds. The summed E-state index contributed by atoms with van der Waals surface area (Å²) in [6, 6.07) is 18.1. The van der Waals surface area contributed by atoms with Gasteiger partial charge in [0.05, 0.1) is 18.5 Å². The molecule has 1 aliphatic rings. The zero-order chi connectivity index (χ0) is 21.6. The smallest absolute Gasteiger partial charge is 0.268 e. The highest BCUT2D eigenvalue weighted by atomic mass is 16.5. The molecule has 0 unspecified atom stereocenters. The molecule has 0 aliphatic heterocycles. The van der Waals surface area contributed by atoms with E-state index in [0.717, 1.165) is 47.3 Å². The molecule has 156 valence electrons. The van der Waals surface area contributed by atoms with Crippen molar-refractivity contribution in [3.63, 3.8) is 0 Å². The van der Waals surface area contributed by atoms with Gasteiger partial charge in [-0.2, -0.15) is 0 Å². The van der Waals surface area contributed by atoms with Gasteiger partial charge < -0.3 is 16.2 Å². The van der Waals surface area contributed by atoms with E-state index in [2.05, 4.69) is 17.1 Å². The SMILES string of the molecule is COc1nc(C(N)=O)cn2c(-c3ccccc3)c(-c3ccc(C4(N)CCC4)cc3)nc12. The van der Waals surface area contributed by atoms with Gasteiger partial charge in [-0.3, -0.25) is 9.20 Å². The number of carbonyl (C=O) groups excluding carboxylic acids is 1. The Bertz CT molecular complexity index is 1280. The van der Waals surface area contributed by atoms with Crippen molar-refractivity contribution in [2.45, 2.75) is 24.8 Å². The summed E-state index contributed by atoms with van der Waals surface area (Å²) in [5.74, 6) is -0.390. The first-order valence-corrected chi connectivity index (χ1v) is 10.2. The quantitative estimate of drug-likeness (QED) is 0.520. The van der Waals surface area contributed by atoms with Crippen LogP contribution in [0.2, 0.25) is 0 Å². The molecular formula is C24H23N5O2. The van der Waals surface area contributed by atoms with E-state index in [1.54, 1.807) is 6.20 Å². The number of ether oxygens (including phenoxy) is 1. The highest BCUT2D eigenvalue weighted by Crippen LogP contribution is 2.40. The van der Waals surface area contributed by atoms with Crippen molar-refractivity contribution in [3.05, 3.63) is 72.1 Å². The van der Waals surface area contributed by atoms with E-state index >= 15 is 0 Å². The van der Waals surface area contributed by atoms with Crippen molar-refractivity contribution in [2.75, 3.05) is 7.11 Å². The second kappa shape index (κ2) is 7.21. The Morgan fingerprint density at radius 1 is 1.03 bits per heavy atom. The molecule has 7 heteroatoms. The first-order valence-electron chi connectivity index (χ1n) is 10.2. The second-order valence-corrected chi connectivity index (χ2v) is 7.96. The van der Waals surface area contributed by atoms with Crippen LogP contribution in [0.25, 0.3) is 28.2 Å². The third-order valence-corrected chi connectivity index (χ3v) is 6.05. The lowest BCUT2D eigenvalue weighted by Gasteiger charge is -2.38. The maximum Gasteiger partial charge on any atom is 0.268 e. The molecule has 2 aromatic carbocycles. The van der Waals surface area contributed by atoms with E-state index in [1.165, 1.54) is 7.11 Å². The van der Waals surface area contributed by atoms with Gasteiger partial charge in [0.15, 0.2) is 0 Å². The van der Waals surface area contributed by atoms with Gasteiger partial charge >= 0.3 is 0 Å². The minimum atomic E-state index is -0.632. The molecule has 0 atom stereocenters. The molecule has 5 rings (SSSR count). The van der Waals surface area contributed by atoms with Crippen LogP contribution in [-0.4, -0.2) is 27.4 Å². The molecule has 1 aliphatic carbocycles. The van der Waals surface area contributed by atoms with Crippen LogP contribution in [0.3, 0.4) is 0 Å². The fourth-order valence-corrected chi connectivity index (χ4v) is 4.15. The Kier molecular flexibility index (Phi) is 4.48. The van der Waals surface area contributed by atoms with Gasteiger partial charge in [-0.05, 0) is 24.8 Å². The van der Waals surface area contributed by atoms with Crippen LogP contribution in [0.1, 0.15) is 35.3 Å². The fourth-order valence-electron chi connectivity index (χ4n) is 4.15. The Balaban J connectivity index is 1.75. The summed E-state index contributed by atoms with van der Waals surface area (Å²) in [6.45, 7) is 0. The molecule has 0 saturated heterocycles. The normalized spacial score (nSPS) is 14.9. The maximum atomic E-state index is 11.9. The highest BCUT2D eigenvalue weighted by Gasteiger charge is 2.34. The van der Waals surface area contributed by atoms with Gasteiger partial charge in [0.25, 0.3) is 11.8 Å². The number of amides is 1. The monoisotopic (exact) mass is 413 g/mol. The first-order chi connectivity index (χ1) is 15.0. The van der Waals surface area contributed by atoms with Gasteiger partial charge in [0.2, 0.25) is 5.65 Å². The van der Waals surface area contributed by atoms with Crippen LogP contribution >= 0.6 is 0 Å². The summed E-state index contributed by atoms with van der Waals surface area (Å²) in [6.07, 6.45) is 4.79. The summed E-state index contributed by atoms with van der Waals surface area (Å²) in [4.78, 5) is 20.9. The Labute approximate surface area is 179 Å². The number of imidazole rings is 1. The largest absolute Gasteiger partial charge is 0.478 e. The van der Waals surface area contributed by atoms with Gasteiger partial charge in [-0.25, -0.2) is 9.97 Å². The third kappa shape index (κ3) is 3.14. The van der Waals surface area contributed by atoms with E-state index in [1.807, 2.05) is 46.9 Å². The minimum absolute atomic E-state index is 0.107. The number of hydrogen-bond acceptors (Lipinski definition) is 5. The summed E-state index contributed by atoms with van der Waals surface area (Å²) in [7, 11) is 1.50. The minimum Gasteiger partial charge on any atom is -0.478 e. The van der Waals surface area contributed by atoms with Crippen LogP contribution in [-0.2, 0) is 5.54 Å². The zero-order valence-corrected chi connectivity index (χ0v) is 17.2. The molecule has 0 radical (unpaired) electrons. The molecule has 4 N–H and O–H groups in total. The van der Waals surface area contributed by atoms with E-state index in [4.69, 9.17) is 21.2 Å². The van der Waals surface area contributed by atoms with Gasteiger partial charge in [-0.1, -0.05) is 54.6 Å². The fraction of sp³-hybridized carbons (Fsp3) is 0.208. The number of carbonyl (C=O) groups is 1. The molecule has 0 bridgehead atoms. The van der Waals surface area contributed by atoms with Crippen molar-refractivity contribution >= 4 is 11.6 Å². The average Bonchev–Trinajstić information content (AvgIpc) is 3.17. The zero-order valence-electron chi connectivity index (χ0n) is 17.2. The molecule has 7 nitrogen and oxygen atoms in total. The summed E-state index contributed by atoms with van der Waals surface area (Å²) < 4.78 is 7.25. The Hall–Kier alpha value is -3.71. The third-order valence-electron chi connectivity index (χ3n) is 6.05. The lowest BCUT2D eigenvalue weighted by Crippen LogP contribution is -2.43. The predicted octanol–water partition coefficient (Wildman–Crippen LogP) is 3.51. The second-order valence-electron chi connectivity index (χ2n) is 7.96. The number of primary amides is 1. The molecule has 1 saturated carbocycles. The number of rotatable bonds is 5. The summed E-state index contributed by atoms with van der Waals surface area (Å²) in [5.41, 5.74) is 17.0. The molecule has 31 heavy (non-hydrogen) atoms. The molecule has 1 fully saturated rings. The molecule has 4 aromatic rings. The number of methoxy groups -OCH3 is 1. The number of benzene rings is 2. The van der Waals surface area contributed by atoms with E-state index in [-0.39, 0.29) is 17.1 Å². The van der Waals surface area contributed by atoms with Crippen molar-refractivity contribution in [1.29, 1.82) is 0 Å². The number of fused-ring (bicyclic) bond motifs is 1. The highest BCUT2D eigenvalue weighted by molar-refractivity contribution is 5.92. The van der Waals surface area contributed by atoms with Crippen LogP contribution < -0.4 is 16.2 Å².